The van der Waals surface area contributed by atoms with E-state index in [-0.39, 0.29) is 68.3 Å². The fraction of sp³-hybridized carbons (Fsp3) is 0.774. The topological polar surface area (TPSA) is 208 Å². The summed E-state index contributed by atoms with van der Waals surface area (Å²) in [6.07, 6.45) is 11.7. The van der Waals surface area contributed by atoms with Crippen LogP contribution in [-0.4, -0.2) is 151 Å². The maximum Gasteiger partial charge on any atom is 0.329 e. The van der Waals surface area contributed by atoms with Crippen molar-refractivity contribution in [1.82, 2.24) is 4.90 Å². The molecule has 1 saturated carbocycles. The van der Waals surface area contributed by atoms with Crippen LogP contribution in [0.15, 0.2) is 47.6 Å². The van der Waals surface area contributed by atoms with Gasteiger partial charge in [0.2, 0.25) is 5.79 Å². The molecule has 0 spiro atoms. The molecule has 0 aromatic rings. The van der Waals surface area contributed by atoms with E-state index >= 15 is 0 Å². The fourth-order valence-corrected chi connectivity index (χ4v) is 10.6. The first-order chi connectivity index (χ1) is 32.3. The molecule has 1 amide bonds. The number of methoxy groups -OCH3 is 3. The fourth-order valence-electron chi connectivity index (χ4n) is 10.6. The van der Waals surface area contributed by atoms with Crippen LogP contribution in [0.4, 0.5) is 0 Å². The maximum atomic E-state index is 14.5. The van der Waals surface area contributed by atoms with Crippen molar-refractivity contribution in [2.75, 3.05) is 41.1 Å². The lowest BCUT2D eigenvalue weighted by Gasteiger charge is -2.43. The lowest BCUT2D eigenvalue weighted by molar-refractivity contribution is -0.265. The van der Waals surface area contributed by atoms with Gasteiger partial charge in [-0.2, -0.15) is 0 Å². The van der Waals surface area contributed by atoms with Crippen LogP contribution in [0.3, 0.4) is 0 Å². The average molecular weight is 960 g/mol. The van der Waals surface area contributed by atoms with Gasteiger partial charge in [0, 0.05) is 58.5 Å². The Morgan fingerprint density at radius 1 is 0.838 bits per heavy atom. The Bertz CT molecular complexity index is 1760. The Morgan fingerprint density at radius 2 is 1.57 bits per heavy atom. The molecule has 3 aliphatic heterocycles. The van der Waals surface area contributed by atoms with Crippen LogP contribution in [-0.2, 0) is 47.6 Å². The highest BCUT2D eigenvalue weighted by molar-refractivity contribution is 6.39. The molecule has 1 unspecified atom stereocenters. The van der Waals surface area contributed by atoms with Crippen LogP contribution < -0.4 is 0 Å². The van der Waals surface area contributed by atoms with Gasteiger partial charge in [0.1, 0.15) is 24.4 Å². The molecule has 1 aliphatic carbocycles. The number of rotatable bonds is 9. The first-order valence-corrected chi connectivity index (χ1v) is 25.2. The van der Waals surface area contributed by atoms with Crippen molar-refractivity contribution < 1.29 is 68.0 Å². The molecule has 3 fully saturated rings. The Kier molecular flexibility index (Phi) is 23.2. The van der Waals surface area contributed by atoms with Gasteiger partial charge < -0.3 is 53.7 Å². The predicted molar refractivity (Wildman–Crippen MR) is 257 cm³/mol. The summed E-state index contributed by atoms with van der Waals surface area (Å²) in [6, 6.07) is -1.12. The van der Waals surface area contributed by atoms with Crippen molar-refractivity contribution in [1.29, 1.82) is 0 Å². The number of esters is 1. The normalized spacial score (nSPS) is 39.0. The summed E-state index contributed by atoms with van der Waals surface area (Å²) in [5.74, 6) is -7.26. The minimum absolute atomic E-state index is 0.0180. The number of allylic oxidation sites excluding steroid dienone is 5. The molecule has 2 bridgehead atoms. The largest absolute Gasteiger partial charge is 0.460 e. The lowest BCUT2D eigenvalue weighted by atomic mass is 9.78. The zero-order chi connectivity index (χ0) is 50.3. The first kappa shape index (κ1) is 57.5. The molecular formula is C53H85NO14. The minimum atomic E-state index is -2.42. The SMILES string of the molecule is CO[C@H]1C[C@@H]2CC[C@@H](C)[C@@](O)(O2)C(=O)C(=O)N2CCCC[C@H]2C(=O)O[C@H]([C@@H](C)C[C@@H]2CC[C@@H](OCCO)[C@H](OC)C2)CC(O)[C@H](C)/C=C(\C)[C@@H](O)[C@@H](OC)C(=O)[C@H](C)C[C@H](C)/C=C/C=CC=C1C. The maximum absolute atomic E-state index is 14.5. The minimum Gasteiger partial charge on any atom is -0.460 e. The van der Waals surface area contributed by atoms with Gasteiger partial charge in [-0.25, -0.2) is 4.79 Å². The van der Waals surface area contributed by atoms with E-state index < -0.39 is 83.9 Å². The number of Topliss-reactive ketones (excluding diaryl/α,β-unsaturated/α-hetero) is 2. The predicted octanol–water partition coefficient (Wildman–Crippen LogP) is 5.99. The summed E-state index contributed by atoms with van der Waals surface area (Å²) in [5, 5.41) is 44.7. The summed E-state index contributed by atoms with van der Waals surface area (Å²) in [4.78, 5) is 58.0. The number of hydrogen-bond acceptors (Lipinski definition) is 14. The highest BCUT2D eigenvalue weighted by Crippen LogP contribution is 2.38. The monoisotopic (exact) mass is 960 g/mol. The number of aliphatic hydroxyl groups excluding tert-OH is 3. The van der Waals surface area contributed by atoms with Gasteiger partial charge in [0.25, 0.3) is 11.7 Å². The van der Waals surface area contributed by atoms with E-state index in [0.29, 0.717) is 56.9 Å². The summed E-state index contributed by atoms with van der Waals surface area (Å²) in [7, 11) is 4.62. The molecular weight excluding hydrogens is 875 g/mol. The van der Waals surface area contributed by atoms with Crippen molar-refractivity contribution in [3.63, 3.8) is 0 Å². The molecule has 4 aliphatic rings. The molecule has 15 nitrogen and oxygen atoms in total. The molecule has 0 aromatic heterocycles. The van der Waals surface area contributed by atoms with Crippen LogP contribution in [0.25, 0.3) is 0 Å². The number of amides is 1. The molecule has 3 heterocycles. The van der Waals surface area contributed by atoms with Crippen molar-refractivity contribution in [3.05, 3.63) is 47.6 Å². The zero-order valence-electron chi connectivity index (χ0n) is 42.5. The number of carbonyl (C=O) groups excluding carboxylic acids is 4. The summed E-state index contributed by atoms with van der Waals surface area (Å²) < 4.78 is 35.7. The molecule has 16 atom stereocenters. The van der Waals surface area contributed by atoms with Crippen LogP contribution in [0.2, 0.25) is 0 Å². The van der Waals surface area contributed by atoms with Crippen molar-refractivity contribution in [2.45, 2.75) is 186 Å². The number of carbonyl (C=O) groups is 4. The average Bonchev–Trinajstić information content (AvgIpc) is 3.32. The molecule has 0 aromatic carbocycles. The van der Waals surface area contributed by atoms with Crippen LogP contribution in [0.5, 0.6) is 0 Å². The van der Waals surface area contributed by atoms with Crippen molar-refractivity contribution >= 4 is 23.4 Å². The van der Waals surface area contributed by atoms with Crippen molar-refractivity contribution in [2.24, 2.45) is 35.5 Å². The van der Waals surface area contributed by atoms with Crippen LogP contribution in [0, 0.1) is 35.5 Å². The molecule has 4 rings (SSSR count). The van der Waals surface area contributed by atoms with E-state index in [1.165, 1.54) is 12.0 Å². The van der Waals surface area contributed by atoms with Gasteiger partial charge in [0.05, 0.1) is 43.7 Å². The number of fused-ring (bicyclic) bond motifs is 3. The highest BCUT2D eigenvalue weighted by atomic mass is 16.6. The van der Waals surface area contributed by atoms with E-state index in [1.54, 1.807) is 41.1 Å². The summed E-state index contributed by atoms with van der Waals surface area (Å²) in [5.41, 5.74) is 1.33. The third kappa shape index (κ3) is 15.4. The summed E-state index contributed by atoms with van der Waals surface area (Å²) in [6.45, 7) is 13.1. The number of aliphatic hydroxyl groups is 4. The van der Waals surface area contributed by atoms with Crippen LogP contribution in [0.1, 0.15) is 126 Å². The third-order valence-corrected chi connectivity index (χ3v) is 15.1. The van der Waals surface area contributed by atoms with E-state index in [4.69, 9.17) is 28.4 Å². The van der Waals surface area contributed by atoms with Crippen molar-refractivity contribution in [3.8, 4) is 0 Å². The Balaban J connectivity index is 1.69. The molecule has 0 radical (unpaired) electrons. The molecule has 4 N–H and O–H groups in total. The van der Waals surface area contributed by atoms with Crippen LogP contribution >= 0.6 is 0 Å². The third-order valence-electron chi connectivity index (χ3n) is 15.1. The van der Waals surface area contributed by atoms with Gasteiger partial charge in [-0.05, 0) is 107 Å². The number of ether oxygens (including phenoxy) is 6. The molecule has 2 saturated heterocycles. The second-order valence-corrected chi connectivity index (χ2v) is 20.4. The first-order valence-electron chi connectivity index (χ1n) is 25.2. The number of piperidine rings is 1. The number of cyclic esters (lactones) is 1. The smallest absolute Gasteiger partial charge is 0.329 e. The quantitative estimate of drug-likeness (QED) is 0.119. The Morgan fingerprint density at radius 3 is 2.25 bits per heavy atom. The zero-order valence-corrected chi connectivity index (χ0v) is 42.5. The van der Waals surface area contributed by atoms with E-state index in [9.17, 15) is 39.6 Å². The number of nitrogens with zero attached hydrogens (tertiary/aromatic N) is 1. The molecule has 386 valence electrons. The van der Waals surface area contributed by atoms with Gasteiger partial charge in [-0.15, -0.1) is 0 Å². The molecule has 15 heteroatoms. The lowest BCUT2D eigenvalue weighted by Crippen LogP contribution is -2.61. The van der Waals surface area contributed by atoms with E-state index in [1.807, 2.05) is 58.1 Å². The molecule has 68 heavy (non-hydrogen) atoms. The Hall–Kier alpha value is -3.12. The van der Waals surface area contributed by atoms with Gasteiger partial charge in [-0.3, -0.25) is 14.4 Å². The summed E-state index contributed by atoms with van der Waals surface area (Å²) >= 11 is 0. The second-order valence-electron chi connectivity index (χ2n) is 20.4. The number of ketones is 2. The van der Waals surface area contributed by atoms with E-state index in [0.717, 1.165) is 18.4 Å². The Labute approximate surface area is 405 Å². The standard InChI is InChI=1S/C53H85NO14/c1-32-16-12-11-13-17-33(2)44(63-8)30-40-21-19-38(7)53(62,68-40)50(59)51(60)54-23-15-14-18-41(54)52(61)67-45(35(4)28-39-20-22-43(66-25-24-55)46(29-39)64-9)31-42(56)34(3)27-37(6)48(58)49(65-10)47(57)36(5)26-32/h11-13,16-17,27,32,34-36,38-46,48-49,55-56,58,62H,14-15,18-26,28-31H2,1-10H3/b13-11?,16-12+,33-17?,37-27+/t32-,34-,35+,36-,38-,39+,40+,41+,42?,43-,44+,45+,46-,48-,49+,53-/m1/s1. The van der Waals surface area contributed by atoms with Gasteiger partial charge >= 0.3 is 5.97 Å². The number of hydrogen-bond donors (Lipinski definition) is 4. The van der Waals surface area contributed by atoms with Gasteiger partial charge in [0.15, 0.2) is 5.78 Å². The van der Waals surface area contributed by atoms with E-state index in [2.05, 4.69) is 0 Å². The van der Waals surface area contributed by atoms with Gasteiger partial charge in [-0.1, -0.05) is 71.1 Å². The highest BCUT2D eigenvalue weighted by Gasteiger charge is 2.53. The second kappa shape index (κ2) is 27.5.